The molecule has 2 nitrogen and oxygen atoms in total. The van der Waals surface area contributed by atoms with Crippen LogP contribution in [0.3, 0.4) is 0 Å². The van der Waals surface area contributed by atoms with E-state index < -0.39 is 0 Å². The van der Waals surface area contributed by atoms with Gasteiger partial charge in [0.1, 0.15) is 12.1 Å². The van der Waals surface area contributed by atoms with Gasteiger partial charge in [-0.3, -0.25) is 4.98 Å². The number of rotatable bonds is 4. The highest BCUT2D eigenvalue weighted by atomic mass is 31.1. The van der Waals surface area contributed by atoms with Crippen LogP contribution in [0, 0.1) is 0 Å². The van der Waals surface area contributed by atoms with E-state index >= 15 is 0 Å². The zero-order chi connectivity index (χ0) is 10.3. The molecule has 3 heteroatoms. The summed E-state index contributed by atoms with van der Waals surface area (Å²) < 4.78 is 5.58. The Kier molecular flexibility index (Phi) is 3.70. The van der Waals surface area contributed by atoms with Crippen molar-refractivity contribution in [2.24, 2.45) is 0 Å². The van der Waals surface area contributed by atoms with Crippen LogP contribution in [0.2, 0.25) is 0 Å². The molecule has 0 radical (unpaired) electrons. The molecule has 0 amide bonds. The molecule has 1 aromatic heterocycles. The zero-order valence-electron chi connectivity index (χ0n) is 8.26. The van der Waals surface area contributed by atoms with Crippen molar-refractivity contribution in [2.75, 3.05) is 6.35 Å². The second-order valence-corrected chi connectivity index (χ2v) is 4.15. The summed E-state index contributed by atoms with van der Waals surface area (Å²) >= 11 is 0. The van der Waals surface area contributed by atoms with Gasteiger partial charge in [-0.2, -0.15) is 0 Å². The summed E-state index contributed by atoms with van der Waals surface area (Å²) in [6.45, 7) is 0. The summed E-state index contributed by atoms with van der Waals surface area (Å²) in [5.41, 5.74) is 1.09. The number of benzene rings is 1. The maximum absolute atomic E-state index is 5.58. The van der Waals surface area contributed by atoms with E-state index in [0.717, 1.165) is 11.2 Å². The summed E-state index contributed by atoms with van der Waals surface area (Å²) in [6.07, 6.45) is 2.51. The lowest BCUT2D eigenvalue weighted by Crippen LogP contribution is -2.02. The molecule has 1 atom stereocenters. The van der Waals surface area contributed by atoms with Crippen molar-refractivity contribution in [1.29, 1.82) is 0 Å². The fraction of sp³-hybridized carbons (Fsp3) is 0.0833. The first-order chi connectivity index (χ1) is 7.45. The predicted octanol–water partition coefficient (Wildman–Crippen LogP) is 2.42. The Morgan fingerprint density at radius 2 is 1.80 bits per heavy atom. The summed E-state index contributed by atoms with van der Waals surface area (Å²) in [4.78, 5) is 4.24. The van der Waals surface area contributed by atoms with Crippen molar-refractivity contribution < 1.29 is 4.74 Å². The molecule has 2 rings (SSSR count). The lowest BCUT2D eigenvalue weighted by Gasteiger charge is -2.04. The molecule has 2 aromatic rings. The standard InChI is InChI=1S/C12H12NOP/c1-2-6-11(7-3-1)14-10-15-12-8-4-5-9-13-12/h1-9,15H,10H2. The van der Waals surface area contributed by atoms with Crippen molar-refractivity contribution in [1.82, 2.24) is 4.98 Å². The van der Waals surface area contributed by atoms with Crippen LogP contribution in [0.25, 0.3) is 0 Å². The normalized spacial score (nSPS) is 10.7. The van der Waals surface area contributed by atoms with Gasteiger partial charge in [0.15, 0.2) is 0 Å². The van der Waals surface area contributed by atoms with Gasteiger partial charge in [-0.05, 0) is 32.8 Å². The number of aromatic nitrogens is 1. The van der Waals surface area contributed by atoms with Crippen LogP contribution >= 0.6 is 8.58 Å². The number of para-hydroxylation sites is 1. The molecule has 0 aliphatic heterocycles. The third kappa shape index (κ3) is 3.34. The van der Waals surface area contributed by atoms with Gasteiger partial charge in [0.05, 0.1) is 5.44 Å². The average molecular weight is 217 g/mol. The van der Waals surface area contributed by atoms with Gasteiger partial charge in [-0.15, -0.1) is 0 Å². The quantitative estimate of drug-likeness (QED) is 0.734. The molecule has 0 N–H and O–H groups in total. The third-order valence-corrected chi connectivity index (χ3v) is 2.85. The highest BCUT2D eigenvalue weighted by molar-refractivity contribution is 7.46. The summed E-state index contributed by atoms with van der Waals surface area (Å²) in [5.74, 6) is 0.918. The van der Waals surface area contributed by atoms with Crippen LogP contribution in [0.15, 0.2) is 54.7 Å². The van der Waals surface area contributed by atoms with Gasteiger partial charge in [0.25, 0.3) is 0 Å². The predicted molar refractivity (Wildman–Crippen MR) is 64.1 cm³/mol. The third-order valence-electron chi connectivity index (χ3n) is 1.90. The van der Waals surface area contributed by atoms with Crippen molar-refractivity contribution >= 4 is 14.0 Å². The lowest BCUT2D eigenvalue weighted by atomic mass is 10.3. The Bertz CT molecular complexity index is 351. The Labute approximate surface area is 91.1 Å². The molecule has 1 aromatic carbocycles. The Morgan fingerprint density at radius 1 is 1.00 bits per heavy atom. The second kappa shape index (κ2) is 5.47. The molecule has 0 fully saturated rings. The van der Waals surface area contributed by atoms with Crippen LogP contribution in [0.4, 0.5) is 0 Å². The molecule has 0 saturated heterocycles. The van der Waals surface area contributed by atoms with Crippen molar-refractivity contribution in [3.05, 3.63) is 54.7 Å². The van der Waals surface area contributed by atoms with E-state index in [4.69, 9.17) is 4.74 Å². The first-order valence-electron chi connectivity index (χ1n) is 4.78. The summed E-state index contributed by atoms with van der Waals surface area (Å²) in [6, 6.07) is 15.8. The number of pyridine rings is 1. The van der Waals surface area contributed by atoms with Crippen LogP contribution in [0.5, 0.6) is 5.75 Å². The molecular weight excluding hydrogens is 205 g/mol. The molecule has 0 aliphatic carbocycles. The van der Waals surface area contributed by atoms with Crippen LogP contribution in [0.1, 0.15) is 0 Å². The molecular formula is C12H12NOP. The number of ether oxygens (including phenoxy) is 1. The summed E-state index contributed by atoms with van der Waals surface area (Å²) in [5, 5.41) is 0. The highest BCUT2D eigenvalue weighted by Gasteiger charge is 1.94. The smallest absolute Gasteiger partial charge is 0.119 e. The average Bonchev–Trinajstić information content (AvgIpc) is 2.32. The maximum atomic E-state index is 5.58. The van der Waals surface area contributed by atoms with Gasteiger partial charge in [0, 0.05) is 6.20 Å². The van der Waals surface area contributed by atoms with E-state index in [2.05, 4.69) is 4.98 Å². The molecule has 0 spiro atoms. The Morgan fingerprint density at radius 3 is 2.53 bits per heavy atom. The highest BCUT2D eigenvalue weighted by Crippen LogP contribution is 2.13. The van der Waals surface area contributed by atoms with Crippen molar-refractivity contribution in [3.8, 4) is 5.75 Å². The van der Waals surface area contributed by atoms with E-state index in [9.17, 15) is 0 Å². The minimum Gasteiger partial charge on any atom is -0.489 e. The van der Waals surface area contributed by atoms with E-state index in [-0.39, 0.29) is 0 Å². The maximum Gasteiger partial charge on any atom is 0.119 e. The summed E-state index contributed by atoms with van der Waals surface area (Å²) in [7, 11) is 0.597. The van der Waals surface area contributed by atoms with Crippen LogP contribution in [-0.2, 0) is 0 Å². The van der Waals surface area contributed by atoms with Crippen molar-refractivity contribution in [2.45, 2.75) is 0 Å². The van der Waals surface area contributed by atoms with E-state index in [0.29, 0.717) is 14.9 Å². The second-order valence-electron chi connectivity index (χ2n) is 2.99. The number of hydrogen-bond donors (Lipinski definition) is 0. The fourth-order valence-corrected chi connectivity index (χ4v) is 1.94. The monoisotopic (exact) mass is 217 g/mol. The Balaban J connectivity index is 1.81. The van der Waals surface area contributed by atoms with Gasteiger partial charge < -0.3 is 4.74 Å². The number of nitrogens with zero attached hydrogens (tertiary/aromatic N) is 1. The molecule has 76 valence electrons. The lowest BCUT2D eigenvalue weighted by molar-refractivity contribution is 0.391. The molecule has 0 bridgehead atoms. The van der Waals surface area contributed by atoms with Gasteiger partial charge in [-0.25, -0.2) is 0 Å². The van der Waals surface area contributed by atoms with Crippen molar-refractivity contribution in [3.63, 3.8) is 0 Å². The molecule has 1 unspecified atom stereocenters. The van der Waals surface area contributed by atoms with Gasteiger partial charge in [-0.1, -0.05) is 24.3 Å². The molecule has 0 saturated carbocycles. The fourth-order valence-electron chi connectivity index (χ4n) is 1.18. The zero-order valence-corrected chi connectivity index (χ0v) is 9.26. The van der Waals surface area contributed by atoms with E-state index in [1.807, 2.05) is 54.7 Å². The molecule has 15 heavy (non-hydrogen) atoms. The molecule has 0 aliphatic rings. The number of hydrogen-bond acceptors (Lipinski definition) is 2. The van der Waals surface area contributed by atoms with Crippen LogP contribution < -0.4 is 10.2 Å². The first-order valence-corrected chi connectivity index (χ1v) is 5.98. The minimum absolute atomic E-state index is 0.597. The minimum atomic E-state index is 0.597. The van der Waals surface area contributed by atoms with Gasteiger partial charge >= 0.3 is 0 Å². The van der Waals surface area contributed by atoms with E-state index in [1.54, 1.807) is 0 Å². The topological polar surface area (TPSA) is 22.1 Å². The van der Waals surface area contributed by atoms with Crippen LogP contribution in [-0.4, -0.2) is 11.3 Å². The SMILES string of the molecule is c1ccc(OCPc2ccccn2)cc1. The van der Waals surface area contributed by atoms with E-state index in [1.165, 1.54) is 0 Å². The van der Waals surface area contributed by atoms with Gasteiger partial charge in [0.2, 0.25) is 0 Å². The Hall–Kier alpha value is -1.40. The molecule has 1 heterocycles. The largest absolute Gasteiger partial charge is 0.489 e. The first kappa shape index (κ1) is 10.1.